The summed E-state index contributed by atoms with van der Waals surface area (Å²) >= 11 is 6.06. The summed E-state index contributed by atoms with van der Waals surface area (Å²) in [5.74, 6) is 0. The minimum atomic E-state index is -1.13. The molecule has 18 heavy (non-hydrogen) atoms. The summed E-state index contributed by atoms with van der Waals surface area (Å²) in [5, 5.41) is 11.8. The van der Waals surface area contributed by atoms with Crippen molar-refractivity contribution in [1.29, 1.82) is 0 Å². The highest BCUT2D eigenvalue weighted by Crippen LogP contribution is 2.26. The number of rotatable bonds is 6. The zero-order chi connectivity index (χ0) is 13.5. The van der Waals surface area contributed by atoms with Gasteiger partial charge in [-0.2, -0.15) is 0 Å². The Bertz CT molecular complexity index is 399. The molecule has 0 heterocycles. The van der Waals surface area contributed by atoms with Crippen molar-refractivity contribution in [2.45, 2.75) is 19.1 Å². The fourth-order valence-corrected chi connectivity index (χ4v) is 1.83. The second kappa shape index (κ2) is 7.20. The van der Waals surface area contributed by atoms with E-state index in [2.05, 4.69) is 5.32 Å². The summed E-state index contributed by atoms with van der Waals surface area (Å²) < 4.78 is 10.2. The summed E-state index contributed by atoms with van der Waals surface area (Å²) in [4.78, 5) is 10.8. The topological polar surface area (TPSA) is 67.8 Å². The largest absolute Gasteiger partial charge is 0.465 e. The van der Waals surface area contributed by atoms with Gasteiger partial charge >= 0.3 is 6.09 Å². The minimum Gasteiger partial charge on any atom is -0.465 e. The van der Waals surface area contributed by atoms with E-state index in [1.807, 2.05) is 0 Å². The molecule has 1 aromatic rings. The fourth-order valence-electron chi connectivity index (χ4n) is 1.58. The number of ether oxygens (including phenoxy) is 2. The van der Waals surface area contributed by atoms with Crippen molar-refractivity contribution < 1.29 is 19.4 Å². The van der Waals surface area contributed by atoms with Crippen LogP contribution in [0.3, 0.4) is 0 Å². The van der Waals surface area contributed by atoms with Crippen LogP contribution in [-0.2, 0) is 9.47 Å². The quantitative estimate of drug-likeness (QED) is 0.782. The van der Waals surface area contributed by atoms with Crippen LogP contribution < -0.4 is 5.32 Å². The first kappa shape index (κ1) is 14.8. The minimum absolute atomic E-state index is 0.0867. The molecular formula is C12H16ClNO4. The van der Waals surface area contributed by atoms with Crippen LogP contribution in [0.4, 0.5) is 4.79 Å². The zero-order valence-electron chi connectivity index (χ0n) is 10.2. The van der Waals surface area contributed by atoms with Gasteiger partial charge in [0, 0.05) is 12.1 Å². The molecule has 5 nitrogen and oxygen atoms in total. The van der Waals surface area contributed by atoms with Gasteiger partial charge in [0.1, 0.15) is 6.79 Å². The molecule has 0 aliphatic rings. The summed E-state index contributed by atoms with van der Waals surface area (Å²) in [6, 6.07) is 6.49. The Balaban J connectivity index is 2.90. The molecule has 0 saturated heterocycles. The molecule has 1 aromatic carbocycles. The van der Waals surface area contributed by atoms with Gasteiger partial charge in [0.05, 0.1) is 12.1 Å². The number of halogens is 1. The Hall–Kier alpha value is -1.30. The third kappa shape index (κ3) is 4.18. The predicted octanol–water partition coefficient (Wildman–Crippen LogP) is 2.66. The summed E-state index contributed by atoms with van der Waals surface area (Å²) in [6.45, 7) is 1.84. The van der Waals surface area contributed by atoms with Crippen LogP contribution >= 0.6 is 11.6 Å². The maximum Gasteiger partial charge on any atom is 0.405 e. The van der Waals surface area contributed by atoms with E-state index in [0.717, 1.165) is 0 Å². The maximum absolute atomic E-state index is 10.8. The summed E-state index contributed by atoms with van der Waals surface area (Å²) in [5.41, 5.74) is 0.671. The van der Waals surface area contributed by atoms with Crippen LogP contribution in [0.25, 0.3) is 0 Å². The van der Waals surface area contributed by atoms with Crippen LogP contribution in [-0.4, -0.2) is 31.2 Å². The van der Waals surface area contributed by atoms with Gasteiger partial charge in [0.25, 0.3) is 0 Å². The van der Waals surface area contributed by atoms with Gasteiger partial charge < -0.3 is 19.9 Å². The van der Waals surface area contributed by atoms with Crippen LogP contribution in [0.2, 0.25) is 5.02 Å². The van der Waals surface area contributed by atoms with Crippen LogP contribution in [0.15, 0.2) is 24.3 Å². The summed E-state index contributed by atoms with van der Waals surface area (Å²) in [7, 11) is 1.50. The number of benzene rings is 1. The lowest BCUT2D eigenvalue weighted by Crippen LogP contribution is -2.35. The van der Waals surface area contributed by atoms with Gasteiger partial charge in [0.2, 0.25) is 0 Å². The molecule has 6 heteroatoms. The molecule has 0 unspecified atom stereocenters. The van der Waals surface area contributed by atoms with E-state index in [1.165, 1.54) is 7.11 Å². The number of hydrogen-bond acceptors (Lipinski definition) is 3. The van der Waals surface area contributed by atoms with Crippen molar-refractivity contribution in [2.24, 2.45) is 0 Å². The van der Waals surface area contributed by atoms with Crippen molar-refractivity contribution in [1.82, 2.24) is 5.32 Å². The van der Waals surface area contributed by atoms with E-state index < -0.39 is 18.2 Å². The van der Waals surface area contributed by atoms with Crippen molar-refractivity contribution >= 4 is 17.7 Å². The first-order chi connectivity index (χ1) is 8.56. The van der Waals surface area contributed by atoms with E-state index in [0.29, 0.717) is 10.6 Å². The highest BCUT2D eigenvalue weighted by molar-refractivity contribution is 6.31. The van der Waals surface area contributed by atoms with Gasteiger partial charge in [-0.3, -0.25) is 0 Å². The first-order valence-electron chi connectivity index (χ1n) is 5.40. The lowest BCUT2D eigenvalue weighted by Gasteiger charge is -2.25. The number of methoxy groups -OCH3 is 1. The highest BCUT2D eigenvalue weighted by atomic mass is 35.5. The van der Waals surface area contributed by atoms with E-state index in [-0.39, 0.29) is 6.79 Å². The molecule has 0 radical (unpaired) electrons. The van der Waals surface area contributed by atoms with Gasteiger partial charge in [-0.1, -0.05) is 29.8 Å². The molecule has 1 amide bonds. The molecule has 0 aliphatic carbocycles. The third-order valence-corrected chi connectivity index (χ3v) is 2.78. The number of hydrogen-bond donors (Lipinski definition) is 2. The Morgan fingerprint density at radius 3 is 2.72 bits per heavy atom. The maximum atomic E-state index is 10.8. The molecule has 1 rings (SSSR count). The standard InChI is InChI=1S/C12H16ClNO4/c1-8(18-7-17-2)11(14-12(15)16)9-5-3-4-6-10(9)13/h3-6,8,11,14H,7H2,1-2H3,(H,15,16)/t8-,11+/m0/s1. The second-order valence-corrected chi connectivity index (χ2v) is 4.13. The SMILES string of the molecule is COCO[C@@H](C)[C@@H](NC(=O)O)c1ccccc1Cl. The van der Waals surface area contributed by atoms with Gasteiger partial charge in [0.15, 0.2) is 0 Å². The number of carboxylic acid groups (broad SMARTS) is 1. The Morgan fingerprint density at radius 2 is 2.17 bits per heavy atom. The monoisotopic (exact) mass is 273 g/mol. The molecule has 100 valence electrons. The molecule has 0 bridgehead atoms. The molecule has 0 aliphatic heterocycles. The van der Waals surface area contributed by atoms with Crippen molar-refractivity contribution in [2.75, 3.05) is 13.9 Å². The van der Waals surface area contributed by atoms with Crippen LogP contribution in [0.1, 0.15) is 18.5 Å². The first-order valence-corrected chi connectivity index (χ1v) is 5.78. The number of nitrogens with one attached hydrogen (secondary N) is 1. The normalized spacial score (nSPS) is 13.9. The lowest BCUT2D eigenvalue weighted by molar-refractivity contribution is -0.0762. The Kier molecular flexibility index (Phi) is 5.91. The highest BCUT2D eigenvalue weighted by Gasteiger charge is 2.23. The number of amides is 1. The van der Waals surface area contributed by atoms with E-state index in [9.17, 15) is 4.79 Å². The Morgan fingerprint density at radius 1 is 1.50 bits per heavy atom. The van der Waals surface area contributed by atoms with Gasteiger partial charge in [-0.25, -0.2) is 4.79 Å². The lowest BCUT2D eigenvalue weighted by atomic mass is 10.0. The molecule has 0 fully saturated rings. The molecule has 2 N–H and O–H groups in total. The van der Waals surface area contributed by atoms with Crippen molar-refractivity contribution in [3.05, 3.63) is 34.9 Å². The van der Waals surface area contributed by atoms with Crippen molar-refractivity contribution in [3.8, 4) is 0 Å². The van der Waals surface area contributed by atoms with Gasteiger partial charge in [-0.05, 0) is 18.6 Å². The van der Waals surface area contributed by atoms with E-state index in [4.69, 9.17) is 26.2 Å². The average Bonchev–Trinajstić information content (AvgIpc) is 2.34. The van der Waals surface area contributed by atoms with Crippen LogP contribution in [0, 0.1) is 0 Å². The molecule has 2 atom stereocenters. The Labute approximate surface area is 111 Å². The third-order valence-electron chi connectivity index (χ3n) is 2.44. The fraction of sp³-hybridized carbons (Fsp3) is 0.417. The second-order valence-electron chi connectivity index (χ2n) is 3.73. The average molecular weight is 274 g/mol. The number of carbonyl (C=O) groups is 1. The predicted molar refractivity (Wildman–Crippen MR) is 67.8 cm³/mol. The zero-order valence-corrected chi connectivity index (χ0v) is 11.0. The molecule has 0 aromatic heterocycles. The van der Waals surface area contributed by atoms with E-state index >= 15 is 0 Å². The van der Waals surface area contributed by atoms with Crippen molar-refractivity contribution in [3.63, 3.8) is 0 Å². The van der Waals surface area contributed by atoms with Crippen LogP contribution in [0.5, 0.6) is 0 Å². The van der Waals surface area contributed by atoms with Gasteiger partial charge in [-0.15, -0.1) is 0 Å². The molecule has 0 saturated carbocycles. The smallest absolute Gasteiger partial charge is 0.405 e. The summed E-state index contributed by atoms with van der Waals surface area (Å²) in [6.07, 6.45) is -1.53. The molecular weight excluding hydrogens is 258 g/mol. The van der Waals surface area contributed by atoms with E-state index in [1.54, 1.807) is 31.2 Å². The molecule has 0 spiro atoms.